The number of benzene rings is 1. The first-order valence-electron chi connectivity index (χ1n) is 7.65. The normalized spacial score (nSPS) is 11.4. The van der Waals surface area contributed by atoms with Crippen LogP contribution in [0.15, 0.2) is 22.8 Å². The van der Waals surface area contributed by atoms with Gasteiger partial charge in [0.05, 0.1) is 12.7 Å². The average molecular weight is 339 g/mol. The second-order valence-electron chi connectivity index (χ2n) is 6.99. The SMILES string of the molecule is Cc1cc2occ(CC(=O)N(C)CC(C)(C)CN)c2cc1C.Cl. The monoisotopic (exact) mass is 338 g/mol. The number of carbonyl (C=O) groups excluding carboxylic acids is 1. The Morgan fingerprint density at radius 3 is 2.48 bits per heavy atom. The molecule has 2 N–H and O–H groups in total. The van der Waals surface area contributed by atoms with Crippen LogP contribution in [0.1, 0.15) is 30.5 Å². The van der Waals surface area contributed by atoms with Gasteiger partial charge >= 0.3 is 0 Å². The fourth-order valence-corrected chi connectivity index (χ4v) is 2.57. The van der Waals surface area contributed by atoms with Crippen LogP contribution in [0.3, 0.4) is 0 Å². The lowest BCUT2D eigenvalue weighted by Crippen LogP contribution is -2.40. The maximum atomic E-state index is 12.4. The van der Waals surface area contributed by atoms with Gasteiger partial charge < -0.3 is 15.1 Å². The van der Waals surface area contributed by atoms with E-state index >= 15 is 0 Å². The van der Waals surface area contributed by atoms with E-state index in [2.05, 4.69) is 33.8 Å². The molecule has 0 aliphatic heterocycles. The summed E-state index contributed by atoms with van der Waals surface area (Å²) in [5.74, 6) is 0.0856. The third-order valence-electron chi connectivity index (χ3n) is 4.26. The Labute approximate surface area is 144 Å². The number of hydrogen-bond acceptors (Lipinski definition) is 3. The fraction of sp³-hybridized carbons (Fsp3) is 0.500. The van der Waals surface area contributed by atoms with E-state index in [0.29, 0.717) is 19.5 Å². The maximum Gasteiger partial charge on any atom is 0.226 e. The van der Waals surface area contributed by atoms with Crippen molar-refractivity contribution >= 4 is 29.3 Å². The summed E-state index contributed by atoms with van der Waals surface area (Å²) in [4.78, 5) is 14.2. The van der Waals surface area contributed by atoms with Crippen molar-refractivity contribution in [2.24, 2.45) is 11.1 Å². The van der Waals surface area contributed by atoms with Gasteiger partial charge in [-0.15, -0.1) is 12.4 Å². The smallest absolute Gasteiger partial charge is 0.226 e. The number of likely N-dealkylation sites (N-methyl/N-ethyl adjacent to an activating group) is 1. The van der Waals surface area contributed by atoms with Gasteiger partial charge in [-0.25, -0.2) is 0 Å². The molecule has 0 aliphatic rings. The molecule has 0 saturated carbocycles. The summed E-state index contributed by atoms with van der Waals surface area (Å²) in [7, 11) is 1.83. The summed E-state index contributed by atoms with van der Waals surface area (Å²) in [6, 6.07) is 4.13. The minimum Gasteiger partial charge on any atom is -0.464 e. The third kappa shape index (κ3) is 4.49. The van der Waals surface area contributed by atoms with Crippen molar-refractivity contribution < 1.29 is 9.21 Å². The van der Waals surface area contributed by atoms with Gasteiger partial charge in [-0.2, -0.15) is 0 Å². The molecule has 0 saturated heterocycles. The molecule has 0 bridgehead atoms. The first kappa shape index (κ1) is 19.5. The minimum absolute atomic E-state index is 0. The van der Waals surface area contributed by atoms with Gasteiger partial charge in [0.25, 0.3) is 0 Å². The summed E-state index contributed by atoms with van der Waals surface area (Å²) in [5, 5.41) is 1.03. The number of aryl methyl sites for hydroxylation is 2. The quantitative estimate of drug-likeness (QED) is 0.908. The van der Waals surface area contributed by atoms with Crippen LogP contribution >= 0.6 is 12.4 Å². The molecule has 2 aromatic rings. The first-order chi connectivity index (χ1) is 10.2. The number of hydrogen-bond donors (Lipinski definition) is 1. The Bertz CT molecular complexity index is 692. The van der Waals surface area contributed by atoms with Crippen LogP contribution in [-0.2, 0) is 11.2 Å². The van der Waals surface area contributed by atoms with Crippen LogP contribution in [0.5, 0.6) is 0 Å². The van der Waals surface area contributed by atoms with Gasteiger partial charge in [0.1, 0.15) is 5.58 Å². The van der Waals surface area contributed by atoms with Crippen molar-refractivity contribution in [1.29, 1.82) is 0 Å². The largest absolute Gasteiger partial charge is 0.464 e. The van der Waals surface area contributed by atoms with Crippen LogP contribution < -0.4 is 5.73 Å². The van der Waals surface area contributed by atoms with E-state index in [4.69, 9.17) is 10.2 Å². The maximum absolute atomic E-state index is 12.4. The van der Waals surface area contributed by atoms with E-state index in [0.717, 1.165) is 16.5 Å². The molecular formula is C18H27ClN2O2. The molecule has 23 heavy (non-hydrogen) atoms. The minimum atomic E-state index is -0.0728. The number of furan rings is 1. The van der Waals surface area contributed by atoms with Crippen LogP contribution in [0.4, 0.5) is 0 Å². The topological polar surface area (TPSA) is 59.5 Å². The molecule has 0 aliphatic carbocycles. The lowest BCUT2D eigenvalue weighted by atomic mass is 9.93. The number of nitrogens with zero attached hydrogens (tertiary/aromatic N) is 1. The molecule has 2 rings (SSSR count). The highest BCUT2D eigenvalue weighted by Crippen LogP contribution is 2.25. The molecule has 0 spiro atoms. The molecule has 1 heterocycles. The van der Waals surface area contributed by atoms with Crippen molar-refractivity contribution in [2.45, 2.75) is 34.1 Å². The van der Waals surface area contributed by atoms with E-state index in [1.165, 1.54) is 11.1 Å². The van der Waals surface area contributed by atoms with Gasteiger partial charge in [0.2, 0.25) is 5.91 Å². The van der Waals surface area contributed by atoms with Crippen LogP contribution in [0.2, 0.25) is 0 Å². The molecule has 0 fully saturated rings. The lowest BCUT2D eigenvalue weighted by molar-refractivity contribution is -0.130. The Hall–Kier alpha value is -1.52. The highest BCUT2D eigenvalue weighted by Gasteiger charge is 2.22. The molecule has 0 unspecified atom stereocenters. The molecule has 1 amide bonds. The molecule has 5 heteroatoms. The van der Waals surface area contributed by atoms with Crippen molar-refractivity contribution in [1.82, 2.24) is 4.90 Å². The Morgan fingerprint density at radius 1 is 1.26 bits per heavy atom. The van der Waals surface area contributed by atoms with Crippen molar-refractivity contribution in [3.05, 3.63) is 35.1 Å². The number of amides is 1. The molecular weight excluding hydrogens is 312 g/mol. The zero-order valence-corrected chi connectivity index (χ0v) is 15.4. The van der Waals surface area contributed by atoms with E-state index < -0.39 is 0 Å². The summed E-state index contributed by atoms with van der Waals surface area (Å²) >= 11 is 0. The number of fused-ring (bicyclic) bond motifs is 1. The van der Waals surface area contributed by atoms with E-state index in [9.17, 15) is 4.79 Å². The van der Waals surface area contributed by atoms with Crippen molar-refractivity contribution in [2.75, 3.05) is 20.1 Å². The van der Waals surface area contributed by atoms with Gasteiger partial charge in [-0.05, 0) is 49.1 Å². The summed E-state index contributed by atoms with van der Waals surface area (Å²) in [6.45, 7) is 9.47. The second-order valence-corrected chi connectivity index (χ2v) is 6.99. The average Bonchev–Trinajstić information content (AvgIpc) is 2.81. The number of nitrogens with two attached hydrogens (primary N) is 1. The van der Waals surface area contributed by atoms with Crippen LogP contribution in [0.25, 0.3) is 11.0 Å². The first-order valence-corrected chi connectivity index (χ1v) is 7.65. The predicted octanol–water partition coefficient (Wildman–Crippen LogP) is 3.46. The number of carbonyl (C=O) groups is 1. The Balaban J connectivity index is 0.00000264. The molecule has 0 atom stereocenters. The van der Waals surface area contributed by atoms with Gasteiger partial charge in [0.15, 0.2) is 0 Å². The summed E-state index contributed by atoms with van der Waals surface area (Å²) < 4.78 is 5.60. The number of rotatable bonds is 5. The van der Waals surface area contributed by atoms with Gasteiger partial charge in [0, 0.05) is 24.5 Å². The Morgan fingerprint density at radius 2 is 1.87 bits per heavy atom. The molecule has 1 aromatic heterocycles. The number of halogens is 1. The molecule has 0 radical (unpaired) electrons. The van der Waals surface area contributed by atoms with Gasteiger partial charge in [-0.1, -0.05) is 13.8 Å². The van der Waals surface area contributed by atoms with E-state index in [1.54, 1.807) is 11.2 Å². The van der Waals surface area contributed by atoms with E-state index in [-0.39, 0.29) is 23.7 Å². The highest BCUT2D eigenvalue weighted by atomic mass is 35.5. The van der Waals surface area contributed by atoms with E-state index in [1.807, 2.05) is 13.1 Å². The zero-order valence-electron chi connectivity index (χ0n) is 14.6. The standard InChI is InChI=1S/C18H26N2O2.ClH/c1-12-6-15-14(9-22-16(15)7-13(12)2)8-17(21)20(5)11-18(3,4)10-19;/h6-7,9H,8,10-11,19H2,1-5H3;1H. The molecule has 1 aromatic carbocycles. The molecule has 4 nitrogen and oxygen atoms in total. The summed E-state index contributed by atoms with van der Waals surface area (Å²) in [5.41, 5.74) is 9.86. The van der Waals surface area contributed by atoms with Crippen LogP contribution in [0, 0.1) is 19.3 Å². The Kier molecular flexibility index (Phi) is 6.25. The fourth-order valence-electron chi connectivity index (χ4n) is 2.57. The van der Waals surface area contributed by atoms with Crippen molar-refractivity contribution in [3.8, 4) is 0 Å². The summed E-state index contributed by atoms with van der Waals surface area (Å²) in [6.07, 6.45) is 2.05. The van der Waals surface area contributed by atoms with Crippen LogP contribution in [-0.4, -0.2) is 30.9 Å². The lowest BCUT2D eigenvalue weighted by Gasteiger charge is -2.29. The van der Waals surface area contributed by atoms with Crippen molar-refractivity contribution in [3.63, 3.8) is 0 Å². The molecule has 128 valence electrons. The highest BCUT2D eigenvalue weighted by molar-refractivity contribution is 5.88. The zero-order chi connectivity index (χ0) is 16.5. The third-order valence-corrected chi connectivity index (χ3v) is 4.26. The predicted molar refractivity (Wildman–Crippen MR) is 97.1 cm³/mol. The second kappa shape index (κ2) is 7.37. The van der Waals surface area contributed by atoms with Gasteiger partial charge in [-0.3, -0.25) is 4.79 Å².